The van der Waals surface area contributed by atoms with Crippen molar-refractivity contribution in [2.45, 2.75) is 20.3 Å². The van der Waals surface area contributed by atoms with Gasteiger partial charge in [0.15, 0.2) is 5.17 Å². The Morgan fingerprint density at radius 1 is 1.03 bits per heavy atom. The Morgan fingerprint density at radius 3 is 2.47 bits per heavy atom. The first-order valence-electron chi connectivity index (χ1n) is 10.4. The molecule has 2 aliphatic heterocycles. The van der Waals surface area contributed by atoms with Crippen LogP contribution < -0.4 is 9.64 Å². The molecule has 1 fully saturated rings. The van der Waals surface area contributed by atoms with E-state index in [4.69, 9.17) is 4.74 Å². The third kappa shape index (κ3) is 4.70. The number of thioether (sulfide) groups is 1. The number of carbonyl (C=O) groups is 1. The number of hydrogen-bond donors (Lipinski definition) is 0. The number of rotatable bonds is 5. The summed E-state index contributed by atoms with van der Waals surface area (Å²) in [7, 11) is 0. The fourth-order valence-electron chi connectivity index (χ4n) is 3.53. The maximum Gasteiger partial charge on any atom is 0.286 e. The minimum atomic E-state index is -0.166. The first kappa shape index (κ1) is 20.5. The van der Waals surface area contributed by atoms with Gasteiger partial charge in [0, 0.05) is 37.4 Å². The van der Waals surface area contributed by atoms with Crippen molar-refractivity contribution in [3.63, 3.8) is 0 Å². The summed E-state index contributed by atoms with van der Waals surface area (Å²) < 4.78 is 5.82. The summed E-state index contributed by atoms with van der Waals surface area (Å²) in [4.78, 5) is 22.1. The summed E-state index contributed by atoms with van der Waals surface area (Å²) in [6, 6.07) is 16.5. The van der Waals surface area contributed by atoms with Crippen LogP contribution in [0.3, 0.4) is 0 Å². The van der Waals surface area contributed by atoms with Gasteiger partial charge in [-0.25, -0.2) is 0 Å². The lowest BCUT2D eigenvalue weighted by Crippen LogP contribution is -2.47. The Kier molecular flexibility index (Phi) is 6.43. The van der Waals surface area contributed by atoms with Gasteiger partial charge in [-0.15, -0.1) is 0 Å². The summed E-state index contributed by atoms with van der Waals surface area (Å²) >= 11 is 1.47. The number of aryl methyl sites for hydroxylation is 1. The fourth-order valence-corrected chi connectivity index (χ4v) is 4.49. The van der Waals surface area contributed by atoms with Crippen molar-refractivity contribution in [2.24, 2.45) is 4.99 Å². The van der Waals surface area contributed by atoms with Crippen LogP contribution in [-0.2, 0) is 4.79 Å². The summed E-state index contributed by atoms with van der Waals surface area (Å²) in [5, 5.41) is 0.807. The molecule has 0 unspecified atom stereocenters. The van der Waals surface area contributed by atoms with Crippen LogP contribution in [0.5, 0.6) is 5.75 Å². The van der Waals surface area contributed by atoms with Gasteiger partial charge in [-0.05, 0) is 49.4 Å². The maximum atomic E-state index is 12.5. The van der Waals surface area contributed by atoms with Gasteiger partial charge in [0.05, 0.1) is 11.5 Å². The molecule has 30 heavy (non-hydrogen) atoms. The van der Waals surface area contributed by atoms with Gasteiger partial charge in [0.25, 0.3) is 5.91 Å². The Bertz CT molecular complexity index is 961. The first-order valence-corrected chi connectivity index (χ1v) is 11.3. The molecule has 5 nitrogen and oxygen atoms in total. The molecular formula is C24H27N3O2S. The molecule has 2 aromatic carbocycles. The lowest BCUT2D eigenvalue weighted by molar-refractivity contribution is -0.113. The smallest absolute Gasteiger partial charge is 0.286 e. The third-order valence-corrected chi connectivity index (χ3v) is 6.27. The van der Waals surface area contributed by atoms with Gasteiger partial charge in [-0.3, -0.25) is 4.79 Å². The molecule has 0 bridgehead atoms. The number of nitrogens with zero attached hydrogens (tertiary/aromatic N) is 3. The first-order chi connectivity index (χ1) is 14.6. The van der Waals surface area contributed by atoms with Crippen molar-refractivity contribution in [1.82, 2.24) is 4.90 Å². The number of ether oxygens (including phenoxy) is 1. The van der Waals surface area contributed by atoms with Crippen LogP contribution in [0.4, 0.5) is 5.69 Å². The van der Waals surface area contributed by atoms with E-state index in [-0.39, 0.29) is 5.91 Å². The number of anilines is 1. The van der Waals surface area contributed by atoms with Crippen LogP contribution in [0.1, 0.15) is 24.5 Å². The Morgan fingerprint density at radius 2 is 1.73 bits per heavy atom. The molecule has 0 aromatic heterocycles. The number of carbonyl (C=O) groups excluding carboxylic acids is 1. The molecule has 0 spiro atoms. The molecule has 0 saturated carbocycles. The number of piperazine rings is 1. The van der Waals surface area contributed by atoms with Crippen molar-refractivity contribution >= 4 is 34.6 Å². The van der Waals surface area contributed by atoms with Gasteiger partial charge >= 0.3 is 0 Å². The summed E-state index contributed by atoms with van der Waals surface area (Å²) in [6.07, 6.45) is 2.84. The van der Waals surface area contributed by atoms with E-state index in [1.807, 2.05) is 30.3 Å². The van der Waals surface area contributed by atoms with Crippen molar-refractivity contribution < 1.29 is 9.53 Å². The maximum absolute atomic E-state index is 12.5. The van der Waals surface area contributed by atoms with E-state index in [1.54, 1.807) is 0 Å². The molecule has 2 aromatic rings. The van der Waals surface area contributed by atoms with E-state index in [0.29, 0.717) is 11.5 Å². The quantitative estimate of drug-likeness (QED) is 0.662. The van der Waals surface area contributed by atoms with E-state index in [2.05, 4.69) is 52.9 Å². The molecule has 2 aliphatic rings. The predicted octanol–water partition coefficient (Wildman–Crippen LogP) is 4.58. The topological polar surface area (TPSA) is 45.1 Å². The van der Waals surface area contributed by atoms with Crippen LogP contribution in [-0.4, -0.2) is 48.8 Å². The number of amides is 1. The zero-order valence-corrected chi connectivity index (χ0v) is 18.3. The summed E-state index contributed by atoms with van der Waals surface area (Å²) in [5.74, 6) is 0.640. The highest BCUT2D eigenvalue weighted by Crippen LogP contribution is 2.33. The summed E-state index contributed by atoms with van der Waals surface area (Å²) in [5.41, 5.74) is 3.44. The van der Waals surface area contributed by atoms with Gasteiger partial charge in [0.1, 0.15) is 5.75 Å². The predicted molar refractivity (Wildman–Crippen MR) is 125 cm³/mol. The fraction of sp³-hybridized carbons (Fsp3) is 0.333. The molecule has 1 amide bonds. The highest BCUT2D eigenvalue weighted by Gasteiger charge is 2.28. The third-order valence-electron chi connectivity index (χ3n) is 5.23. The van der Waals surface area contributed by atoms with E-state index < -0.39 is 0 Å². The highest BCUT2D eigenvalue weighted by molar-refractivity contribution is 8.18. The molecule has 156 valence electrons. The van der Waals surface area contributed by atoms with Crippen molar-refractivity contribution in [1.29, 1.82) is 0 Å². The summed E-state index contributed by atoms with van der Waals surface area (Å²) in [6.45, 7) is 8.40. The van der Waals surface area contributed by atoms with Crippen molar-refractivity contribution in [3.8, 4) is 5.75 Å². The standard InChI is InChI=1S/C24H27N3O2S/c1-3-16-29-21-7-5-4-6-19(21)17-22-23(28)25-24(30-22)27-14-12-26(13-15-27)20-10-8-18(2)9-11-20/h4-11,17H,3,12-16H2,1-2H3/b22-17-. The van der Waals surface area contributed by atoms with Gasteiger partial charge < -0.3 is 14.5 Å². The number of aliphatic imine (C=N–C) groups is 1. The molecule has 1 saturated heterocycles. The molecule has 0 N–H and O–H groups in total. The average molecular weight is 422 g/mol. The average Bonchev–Trinajstić information content (AvgIpc) is 3.14. The van der Waals surface area contributed by atoms with Gasteiger partial charge in [0.2, 0.25) is 0 Å². The van der Waals surface area contributed by atoms with Crippen LogP contribution in [0.25, 0.3) is 6.08 Å². The zero-order chi connectivity index (χ0) is 20.9. The van der Waals surface area contributed by atoms with Crippen LogP contribution >= 0.6 is 11.8 Å². The van der Waals surface area contributed by atoms with Gasteiger partial charge in [-0.2, -0.15) is 4.99 Å². The van der Waals surface area contributed by atoms with Crippen LogP contribution in [0.15, 0.2) is 58.4 Å². The van der Waals surface area contributed by atoms with E-state index >= 15 is 0 Å². The number of para-hydroxylation sites is 1. The zero-order valence-electron chi connectivity index (χ0n) is 17.5. The van der Waals surface area contributed by atoms with Crippen molar-refractivity contribution in [3.05, 3.63) is 64.6 Å². The van der Waals surface area contributed by atoms with Crippen molar-refractivity contribution in [2.75, 3.05) is 37.7 Å². The highest BCUT2D eigenvalue weighted by atomic mass is 32.2. The number of benzene rings is 2. The number of hydrogen-bond acceptors (Lipinski definition) is 5. The molecule has 0 atom stereocenters. The van der Waals surface area contributed by atoms with E-state index in [9.17, 15) is 4.79 Å². The monoisotopic (exact) mass is 421 g/mol. The van der Waals surface area contributed by atoms with E-state index in [1.165, 1.54) is 23.0 Å². The molecule has 6 heteroatoms. The second kappa shape index (κ2) is 9.39. The van der Waals surface area contributed by atoms with Crippen LogP contribution in [0.2, 0.25) is 0 Å². The Balaban J connectivity index is 1.40. The molecule has 0 aliphatic carbocycles. The molecule has 2 heterocycles. The molecule has 4 rings (SSSR count). The molecular weight excluding hydrogens is 394 g/mol. The normalized spacial score (nSPS) is 18.1. The second-order valence-electron chi connectivity index (χ2n) is 7.51. The lowest BCUT2D eigenvalue weighted by Gasteiger charge is -2.36. The second-order valence-corrected chi connectivity index (χ2v) is 8.52. The minimum Gasteiger partial charge on any atom is -0.493 e. The Hall–Kier alpha value is -2.73. The van der Waals surface area contributed by atoms with E-state index in [0.717, 1.165) is 49.1 Å². The largest absolute Gasteiger partial charge is 0.493 e. The SMILES string of the molecule is CCCOc1ccccc1/C=C1\SC(N2CCN(c3ccc(C)cc3)CC2)=NC1=O. The number of amidine groups is 1. The van der Waals surface area contributed by atoms with Gasteiger partial charge in [-0.1, -0.05) is 42.8 Å². The van der Waals surface area contributed by atoms with Crippen LogP contribution in [0, 0.1) is 6.92 Å². The lowest BCUT2D eigenvalue weighted by atomic mass is 10.2. The minimum absolute atomic E-state index is 0.166. The molecule has 0 radical (unpaired) electrons. The Labute approximate surface area is 182 Å².